The predicted molar refractivity (Wildman–Crippen MR) is 65.2 cm³/mol. The van der Waals surface area contributed by atoms with E-state index in [1.807, 2.05) is 13.0 Å². The highest BCUT2D eigenvalue weighted by atomic mass is 19.2. The summed E-state index contributed by atoms with van der Waals surface area (Å²) in [6, 6.07) is 9.05. The molecule has 3 N–H and O–H groups in total. The Balaban J connectivity index is 2.31. The van der Waals surface area contributed by atoms with Crippen molar-refractivity contribution in [1.29, 1.82) is 0 Å². The van der Waals surface area contributed by atoms with Crippen LogP contribution >= 0.6 is 0 Å². The Bertz CT molecular complexity index is 553. The molecule has 0 aliphatic heterocycles. The van der Waals surface area contributed by atoms with Crippen molar-refractivity contribution in [2.24, 2.45) is 0 Å². The van der Waals surface area contributed by atoms with Gasteiger partial charge in [0.25, 0.3) is 0 Å². The normalized spacial score (nSPS) is 10.3. The molecule has 2 nitrogen and oxygen atoms in total. The lowest BCUT2D eigenvalue weighted by molar-refractivity contribution is 0.509. The van der Waals surface area contributed by atoms with E-state index < -0.39 is 11.6 Å². The van der Waals surface area contributed by atoms with E-state index in [0.717, 1.165) is 23.4 Å². The SMILES string of the molecule is Cc1ccc(N)cc1Nc1ccc(F)c(F)c1. The van der Waals surface area contributed by atoms with Crippen molar-refractivity contribution in [3.63, 3.8) is 0 Å². The maximum absolute atomic E-state index is 13.0. The second kappa shape index (κ2) is 4.41. The molecule has 0 amide bonds. The van der Waals surface area contributed by atoms with Gasteiger partial charge in [0.2, 0.25) is 0 Å². The highest BCUT2D eigenvalue weighted by Gasteiger charge is 2.04. The van der Waals surface area contributed by atoms with Gasteiger partial charge in [-0.25, -0.2) is 8.78 Å². The van der Waals surface area contributed by atoms with Gasteiger partial charge in [-0.3, -0.25) is 0 Å². The molecule has 0 aromatic heterocycles. The van der Waals surface area contributed by atoms with E-state index in [2.05, 4.69) is 5.32 Å². The minimum Gasteiger partial charge on any atom is -0.399 e. The third-order valence-corrected chi connectivity index (χ3v) is 2.46. The van der Waals surface area contributed by atoms with E-state index in [1.165, 1.54) is 6.07 Å². The molecule has 0 fully saturated rings. The third-order valence-electron chi connectivity index (χ3n) is 2.46. The van der Waals surface area contributed by atoms with Crippen LogP contribution in [0.1, 0.15) is 5.56 Å². The summed E-state index contributed by atoms with van der Waals surface area (Å²) < 4.78 is 25.8. The van der Waals surface area contributed by atoms with Gasteiger partial charge >= 0.3 is 0 Å². The highest BCUT2D eigenvalue weighted by molar-refractivity contribution is 5.66. The number of hydrogen-bond donors (Lipinski definition) is 2. The number of anilines is 3. The Hall–Kier alpha value is -2.10. The maximum Gasteiger partial charge on any atom is 0.160 e. The van der Waals surface area contributed by atoms with Crippen LogP contribution in [0.3, 0.4) is 0 Å². The smallest absolute Gasteiger partial charge is 0.160 e. The topological polar surface area (TPSA) is 38.0 Å². The lowest BCUT2D eigenvalue weighted by Gasteiger charge is -2.10. The number of aryl methyl sites for hydroxylation is 1. The first kappa shape index (κ1) is 11.4. The first-order valence-corrected chi connectivity index (χ1v) is 5.14. The van der Waals surface area contributed by atoms with Crippen LogP contribution in [0.4, 0.5) is 25.8 Å². The summed E-state index contributed by atoms with van der Waals surface area (Å²) in [7, 11) is 0. The van der Waals surface area contributed by atoms with Crippen molar-refractivity contribution in [1.82, 2.24) is 0 Å². The fourth-order valence-corrected chi connectivity index (χ4v) is 1.50. The molecule has 0 bridgehead atoms. The van der Waals surface area contributed by atoms with E-state index in [-0.39, 0.29) is 0 Å². The average molecular weight is 234 g/mol. The Morgan fingerprint density at radius 1 is 1.00 bits per heavy atom. The minimum atomic E-state index is -0.878. The Morgan fingerprint density at radius 2 is 1.76 bits per heavy atom. The van der Waals surface area contributed by atoms with E-state index in [0.29, 0.717) is 11.4 Å². The van der Waals surface area contributed by atoms with Gasteiger partial charge in [-0.1, -0.05) is 6.07 Å². The maximum atomic E-state index is 13.0. The molecule has 0 atom stereocenters. The number of benzene rings is 2. The molecule has 0 radical (unpaired) electrons. The van der Waals surface area contributed by atoms with Crippen LogP contribution < -0.4 is 11.1 Å². The Labute approximate surface area is 98.1 Å². The largest absolute Gasteiger partial charge is 0.399 e. The molecule has 2 aromatic carbocycles. The van der Waals surface area contributed by atoms with Crippen LogP contribution in [0.5, 0.6) is 0 Å². The minimum absolute atomic E-state index is 0.484. The van der Waals surface area contributed by atoms with Gasteiger partial charge in [0.05, 0.1) is 0 Å². The summed E-state index contributed by atoms with van der Waals surface area (Å²) in [4.78, 5) is 0. The summed E-state index contributed by atoms with van der Waals surface area (Å²) >= 11 is 0. The molecule has 0 unspecified atom stereocenters. The van der Waals surface area contributed by atoms with Crippen LogP contribution in [0.15, 0.2) is 36.4 Å². The number of nitrogens with two attached hydrogens (primary N) is 1. The van der Waals surface area contributed by atoms with E-state index >= 15 is 0 Å². The predicted octanol–water partition coefficient (Wildman–Crippen LogP) is 3.60. The van der Waals surface area contributed by atoms with Crippen molar-refractivity contribution in [3.05, 3.63) is 53.6 Å². The lowest BCUT2D eigenvalue weighted by atomic mass is 10.1. The lowest BCUT2D eigenvalue weighted by Crippen LogP contribution is -1.96. The molecule has 2 aromatic rings. The van der Waals surface area contributed by atoms with Crippen molar-refractivity contribution >= 4 is 17.1 Å². The molecule has 0 aliphatic carbocycles. The highest BCUT2D eigenvalue weighted by Crippen LogP contribution is 2.23. The van der Waals surface area contributed by atoms with E-state index in [1.54, 1.807) is 12.1 Å². The third kappa shape index (κ3) is 2.53. The second-order valence-electron chi connectivity index (χ2n) is 3.83. The van der Waals surface area contributed by atoms with Gasteiger partial charge in [-0.2, -0.15) is 0 Å². The number of nitrogen functional groups attached to an aromatic ring is 1. The summed E-state index contributed by atoms with van der Waals surface area (Å²) in [6.07, 6.45) is 0. The van der Waals surface area contributed by atoms with E-state index in [9.17, 15) is 8.78 Å². The van der Waals surface area contributed by atoms with E-state index in [4.69, 9.17) is 5.73 Å². The Kier molecular flexibility index (Phi) is 2.95. The molecule has 0 aliphatic rings. The van der Waals surface area contributed by atoms with Crippen LogP contribution in [-0.2, 0) is 0 Å². The molecule has 0 saturated carbocycles. The summed E-state index contributed by atoms with van der Waals surface area (Å²) in [5, 5.41) is 2.99. The van der Waals surface area contributed by atoms with Crippen molar-refractivity contribution < 1.29 is 8.78 Å². The number of halogens is 2. The van der Waals surface area contributed by atoms with Gasteiger partial charge in [0.15, 0.2) is 11.6 Å². The fraction of sp³-hybridized carbons (Fsp3) is 0.0769. The van der Waals surface area contributed by atoms with Crippen LogP contribution in [0.2, 0.25) is 0 Å². The zero-order chi connectivity index (χ0) is 12.4. The van der Waals surface area contributed by atoms with Gasteiger partial charge in [-0.15, -0.1) is 0 Å². The van der Waals surface area contributed by atoms with Crippen LogP contribution in [0.25, 0.3) is 0 Å². The number of rotatable bonds is 2. The first-order valence-electron chi connectivity index (χ1n) is 5.14. The fourth-order valence-electron chi connectivity index (χ4n) is 1.50. The second-order valence-corrected chi connectivity index (χ2v) is 3.83. The van der Waals surface area contributed by atoms with Crippen molar-refractivity contribution in [2.75, 3.05) is 11.1 Å². The van der Waals surface area contributed by atoms with Gasteiger partial charge in [-0.05, 0) is 36.8 Å². The van der Waals surface area contributed by atoms with Crippen molar-refractivity contribution in [3.8, 4) is 0 Å². The van der Waals surface area contributed by atoms with Crippen LogP contribution in [0, 0.1) is 18.6 Å². The van der Waals surface area contributed by atoms with Gasteiger partial charge < -0.3 is 11.1 Å². The van der Waals surface area contributed by atoms with Gasteiger partial charge in [0, 0.05) is 23.1 Å². The quantitative estimate of drug-likeness (QED) is 0.779. The molecule has 88 valence electrons. The molecule has 0 spiro atoms. The first-order chi connectivity index (χ1) is 8.06. The summed E-state index contributed by atoms with van der Waals surface area (Å²) in [5.41, 5.74) is 8.51. The van der Waals surface area contributed by atoms with Crippen LogP contribution in [-0.4, -0.2) is 0 Å². The standard InChI is InChI=1S/C13H12F2N2/c1-8-2-3-9(16)6-13(8)17-10-4-5-11(14)12(15)7-10/h2-7,17H,16H2,1H3. The molecule has 0 saturated heterocycles. The number of hydrogen-bond acceptors (Lipinski definition) is 2. The molecule has 4 heteroatoms. The molecule has 2 rings (SSSR count). The monoisotopic (exact) mass is 234 g/mol. The molecule has 17 heavy (non-hydrogen) atoms. The van der Waals surface area contributed by atoms with Gasteiger partial charge in [0.1, 0.15) is 0 Å². The summed E-state index contributed by atoms with van der Waals surface area (Å²) in [5.74, 6) is -1.74. The molecule has 0 heterocycles. The number of nitrogens with one attached hydrogen (secondary N) is 1. The zero-order valence-corrected chi connectivity index (χ0v) is 9.30. The average Bonchev–Trinajstić information content (AvgIpc) is 2.29. The zero-order valence-electron chi connectivity index (χ0n) is 9.30. The van der Waals surface area contributed by atoms with Crippen molar-refractivity contribution in [2.45, 2.75) is 6.92 Å². The Morgan fingerprint density at radius 3 is 2.47 bits per heavy atom. The molecular weight excluding hydrogens is 222 g/mol. The summed E-state index contributed by atoms with van der Waals surface area (Å²) in [6.45, 7) is 1.90. The molecular formula is C13H12F2N2.